The zero-order valence-electron chi connectivity index (χ0n) is 27.2. The number of rotatable bonds is 11. The van der Waals surface area contributed by atoms with Gasteiger partial charge in [-0.25, -0.2) is 8.42 Å². The molecule has 0 saturated carbocycles. The van der Waals surface area contributed by atoms with E-state index in [1.165, 1.54) is 0 Å². The van der Waals surface area contributed by atoms with Gasteiger partial charge in [-0.1, -0.05) is 128 Å². The van der Waals surface area contributed by atoms with E-state index in [1.54, 1.807) is 4.31 Å². The van der Waals surface area contributed by atoms with Crippen molar-refractivity contribution in [3.05, 3.63) is 173 Å². The molecule has 0 saturated heterocycles. The van der Waals surface area contributed by atoms with Gasteiger partial charge < -0.3 is 4.90 Å². The molecule has 7 heteroatoms. The lowest BCUT2D eigenvalue weighted by Crippen LogP contribution is -2.49. The normalized spacial score (nSPS) is 16.0. The van der Waals surface area contributed by atoms with E-state index in [9.17, 15) is 13.7 Å². The Labute approximate surface area is 290 Å². The van der Waals surface area contributed by atoms with Gasteiger partial charge in [-0.05, 0) is 65.3 Å². The molecule has 0 radical (unpaired) electrons. The van der Waals surface area contributed by atoms with E-state index >= 15 is 0 Å². The molecule has 0 bridgehead atoms. The third kappa shape index (κ3) is 6.93. The van der Waals surface area contributed by atoms with E-state index in [1.807, 2.05) is 61.5 Å². The van der Waals surface area contributed by atoms with Crippen LogP contribution < -0.4 is 4.90 Å². The highest BCUT2D eigenvalue weighted by Crippen LogP contribution is 2.45. The standard InChI is InChI=1S/C41H41N3O2S2/c1-2-25-48(45,46)44-30-34-26-33(29-42)23-24-39(34)43(31-38(44)27-32-15-7-3-8-16-32)40(47)28-41(35-17-9-4-10-18-35,36-19-11-5-12-20-36)37-21-13-6-14-22-37/h3-24,26,38,40,47H,2,25,27-28,30-31H2,1H3/t38-,40?/m1/s1. The van der Waals surface area contributed by atoms with Crippen LogP contribution in [0.25, 0.3) is 0 Å². The number of nitrogens with zero attached hydrogens (tertiary/aromatic N) is 3. The zero-order chi connectivity index (χ0) is 33.6. The van der Waals surface area contributed by atoms with Crippen molar-refractivity contribution >= 4 is 28.3 Å². The average molecular weight is 672 g/mol. The first kappa shape index (κ1) is 33.5. The van der Waals surface area contributed by atoms with Crippen molar-refractivity contribution in [1.82, 2.24) is 4.31 Å². The van der Waals surface area contributed by atoms with Gasteiger partial charge in [0, 0.05) is 30.2 Å². The maximum absolute atomic E-state index is 14.0. The topological polar surface area (TPSA) is 64.4 Å². The monoisotopic (exact) mass is 671 g/mol. The summed E-state index contributed by atoms with van der Waals surface area (Å²) in [4.78, 5) is 2.28. The third-order valence-electron chi connectivity index (χ3n) is 9.44. The van der Waals surface area contributed by atoms with Crippen LogP contribution in [0.5, 0.6) is 0 Å². The fourth-order valence-corrected chi connectivity index (χ4v) is 9.39. The molecule has 1 aliphatic heterocycles. The van der Waals surface area contributed by atoms with Gasteiger partial charge >= 0.3 is 0 Å². The molecule has 0 amide bonds. The van der Waals surface area contributed by atoms with Gasteiger partial charge in [0.15, 0.2) is 0 Å². The number of thiol groups is 1. The largest absolute Gasteiger partial charge is 0.358 e. The summed E-state index contributed by atoms with van der Waals surface area (Å²) in [6.07, 6.45) is 1.68. The minimum atomic E-state index is -3.60. The van der Waals surface area contributed by atoms with Crippen LogP contribution in [-0.2, 0) is 28.4 Å². The molecule has 0 fully saturated rings. The minimum Gasteiger partial charge on any atom is -0.358 e. The average Bonchev–Trinajstić information content (AvgIpc) is 3.29. The molecule has 5 aromatic carbocycles. The van der Waals surface area contributed by atoms with Crippen LogP contribution in [-0.4, -0.2) is 36.4 Å². The number of fused-ring (bicyclic) bond motifs is 1. The fraction of sp³-hybridized carbons (Fsp3) is 0.244. The Morgan fingerprint density at radius 2 is 1.33 bits per heavy atom. The number of nitriles is 1. The van der Waals surface area contributed by atoms with Crippen molar-refractivity contribution in [2.75, 3.05) is 17.2 Å². The number of sulfonamides is 1. The lowest BCUT2D eigenvalue weighted by molar-refractivity contribution is 0.316. The van der Waals surface area contributed by atoms with Gasteiger partial charge in [0.2, 0.25) is 10.0 Å². The molecule has 48 heavy (non-hydrogen) atoms. The molecule has 1 aliphatic rings. The highest BCUT2D eigenvalue weighted by molar-refractivity contribution is 7.89. The molecule has 2 atom stereocenters. The molecule has 0 aliphatic carbocycles. The Balaban J connectivity index is 1.52. The van der Waals surface area contributed by atoms with Gasteiger partial charge in [-0.15, -0.1) is 0 Å². The molecule has 0 aromatic heterocycles. The van der Waals surface area contributed by atoms with Gasteiger partial charge in [0.1, 0.15) is 0 Å². The molecule has 1 unspecified atom stereocenters. The number of benzene rings is 5. The Kier molecular flexibility index (Phi) is 10.4. The first-order valence-corrected chi connectivity index (χ1v) is 18.7. The quantitative estimate of drug-likeness (QED) is 0.114. The van der Waals surface area contributed by atoms with E-state index in [0.717, 1.165) is 33.5 Å². The van der Waals surface area contributed by atoms with Crippen molar-refractivity contribution < 1.29 is 8.42 Å². The number of hydrogen-bond acceptors (Lipinski definition) is 5. The molecule has 0 N–H and O–H groups in total. The Hall–Kier alpha value is -4.35. The van der Waals surface area contributed by atoms with Crippen molar-refractivity contribution in [2.24, 2.45) is 0 Å². The van der Waals surface area contributed by atoms with Gasteiger partial charge in [-0.2, -0.15) is 22.2 Å². The summed E-state index contributed by atoms with van der Waals surface area (Å²) in [7, 11) is -3.60. The molecule has 0 spiro atoms. The van der Waals surface area contributed by atoms with Crippen molar-refractivity contribution in [3.8, 4) is 6.07 Å². The summed E-state index contributed by atoms with van der Waals surface area (Å²) < 4.78 is 29.7. The van der Waals surface area contributed by atoms with Crippen molar-refractivity contribution in [1.29, 1.82) is 5.26 Å². The second-order valence-corrected chi connectivity index (χ2v) is 15.1. The Morgan fingerprint density at radius 1 is 0.812 bits per heavy atom. The molecular weight excluding hydrogens is 631 g/mol. The number of hydrogen-bond donors (Lipinski definition) is 1. The van der Waals surface area contributed by atoms with Gasteiger partial charge in [0.05, 0.1) is 22.8 Å². The maximum atomic E-state index is 14.0. The summed E-state index contributed by atoms with van der Waals surface area (Å²) in [6.45, 7) is 2.54. The summed E-state index contributed by atoms with van der Waals surface area (Å²) in [5.74, 6) is 0.0645. The van der Waals surface area contributed by atoms with Crippen LogP contribution in [0.1, 0.15) is 53.1 Å². The minimum absolute atomic E-state index is 0.0645. The second kappa shape index (κ2) is 14.8. The van der Waals surface area contributed by atoms with Crippen molar-refractivity contribution in [3.63, 3.8) is 0 Å². The Morgan fingerprint density at radius 3 is 1.83 bits per heavy atom. The first-order valence-electron chi connectivity index (χ1n) is 16.5. The van der Waals surface area contributed by atoms with E-state index in [2.05, 4.69) is 95.9 Å². The Bertz CT molecular complexity index is 1850. The smallest absolute Gasteiger partial charge is 0.214 e. The maximum Gasteiger partial charge on any atom is 0.214 e. The van der Waals surface area contributed by atoms with E-state index in [0.29, 0.717) is 31.4 Å². The summed E-state index contributed by atoms with van der Waals surface area (Å²) in [6, 6.07) is 49.4. The van der Waals surface area contributed by atoms with Crippen LogP contribution in [0.2, 0.25) is 0 Å². The van der Waals surface area contributed by atoms with E-state index in [4.69, 9.17) is 12.6 Å². The first-order chi connectivity index (χ1) is 23.4. The van der Waals surface area contributed by atoms with Crippen LogP contribution in [0.3, 0.4) is 0 Å². The molecule has 244 valence electrons. The molecule has 6 rings (SSSR count). The number of anilines is 1. The van der Waals surface area contributed by atoms with Crippen LogP contribution in [0.4, 0.5) is 5.69 Å². The molecule has 5 nitrogen and oxygen atoms in total. The fourth-order valence-electron chi connectivity index (χ4n) is 7.22. The van der Waals surface area contributed by atoms with Crippen LogP contribution >= 0.6 is 12.6 Å². The zero-order valence-corrected chi connectivity index (χ0v) is 28.9. The molecule has 1 heterocycles. The highest BCUT2D eigenvalue weighted by Gasteiger charge is 2.42. The summed E-state index contributed by atoms with van der Waals surface area (Å²) in [5, 5.41) is 9.53. The molecular formula is C41H41N3O2S2. The lowest BCUT2D eigenvalue weighted by atomic mass is 9.67. The van der Waals surface area contributed by atoms with Crippen LogP contribution in [0, 0.1) is 11.3 Å². The van der Waals surface area contributed by atoms with Crippen molar-refractivity contribution in [2.45, 2.75) is 49.6 Å². The second-order valence-electron chi connectivity index (χ2n) is 12.5. The summed E-state index contributed by atoms with van der Waals surface area (Å²) in [5.41, 5.74) is 6.21. The third-order valence-corrected chi connectivity index (χ3v) is 12.0. The summed E-state index contributed by atoms with van der Waals surface area (Å²) >= 11 is 5.44. The van der Waals surface area contributed by atoms with Gasteiger partial charge in [-0.3, -0.25) is 0 Å². The predicted molar refractivity (Wildman–Crippen MR) is 199 cm³/mol. The lowest BCUT2D eigenvalue weighted by Gasteiger charge is -2.42. The van der Waals surface area contributed by atoms with Crippen LogP contribution in [0.15, 0.2) is 140 Å². The van der Waals surface area contributed by atoms with E-state index < -0.39 is 15.4 Å². The predicted octanol–water partition coefficient (Wildman–Crippen LogP) is 8.21. The SMILES string of the molecule is CCCS(=O)(=O)N1Cc2cc(C#N)ccc2N(C(S)CC(c2ccccc2)(c2ccccc2)c2ccccc2)C[C@H]1Cc1ccccc1. The molecule has 5 aromatic rings. The highest BCUT2D eigenvalue weighted by atomic mass is 32.2. The van der Waals surface area contributed by atoms with E-state index in [-0.39, 0.29) is 23.7 Å². The van der Waals surface area contributed by atoms with Gasteiger partial charge in [0.25, 0.3) is 0 Å².